The minimum absolute atomic E-state index is 0.0768. The molecule has 35 heavy (non-hydrogen) atoms. The highest BCUT2D eigenvalue weighted by Gasteiger charge is 2.31. The third kappa shape index (κ3) is 5.82. The highest BCUT2D eigenvalue weighted by atomic mass is 16.5. The number of nitriles is 1. The number of rotatable bonds is 10. The summed E-state index contributed by atoms with van der Waals surface area (Å²) < 4.78 is 16.4. The second-order valence-electron chi connectivity index (χ2n) is 7.77. The number of anilines is 2. The third-order valence-electron chi connectivity index (χ3n) is 5.34. The highest BCUT2D eigenvalue weighted by Crippen LogP contribution is 2.40. The summed E-state index contributed by atoms with van der Waals surface area (Å²) in [5.74, 6) is 0.398. The summed E-state index contributed by atoms with van der Waals surface area (Å²) in [5, 5.41) is 9.68. The summed E-state index contributed by atoms with van der Waals surface area (Å²) in [7, 11) is 3.57. The zero-order valence-electron chi connectivity index (χ0n) is 20.4. The molecule has 0 saturated carbocycles. The minimum atomic E-state index is -0.693. The van der Waals surface area contributed by atoms with Crippen LogP contribution in [0.25, 0.3) is 6.08 Å². The summed E-state index contributed by atoms with van der Waals surface area (Å²) in [6.45, 7) is 4.42. The van der Waals surface area contributed by atoms with E-state index in [1.807, 2.05) is 44.2 Å². The first-order chi connectivity index (χ1) is 16.9. The lowest BCUT2D eigenvalue weighted by Crippen LogP contribution is -2.27. The van der Waals surface area contributed by atoms with Crippen LogP contribution < -0.4 is 19.3 Å². The van der Waals surface area contributed by atoms with Crippen LogP contribution in [0.1, 0.15) is 25.8 Å². The second-order valence-corrected chi connectivity index (χ2v) is 7.77. The molecule has 0 bridgehead atoms. The molecule has 1 aliphatic heterocycles. The number of hydrogen-bond acceptors (Lipinski definition) is 8. The lowest BCUT2D eigenvalue weighted by atomic mass is 10.2. The average Bonchev–Trinajstić information content (AvgIpc) is 3.12. The van der Waals surface area contributed by atoms with E-state index in [0.29, 0.717) is 36.1 Å². The van der Waals surface area contributed by atoms with Gasteiger partial charge in [-0.1, -0.05) is 25.1 Å². The molecule has 0 N–H and O–H groups in total. The van der Waals surface area contributed by atoms with Crippen molar-refractivity contribution in [3.8, 4) is 17.6 Å². The van der Waals surface area contributed by atoms with Crippen LogP contribution in [-0.4, -0.2) is 45.7 Å². The van der Waals surface area contributed by atoms with Gasteiger partial charge in [-0.05, 0) is 49.2 Å². The number of ketones is 1. The zero-order chi connectivity index (χ0) is 25.4. The Morgan fingerprint density at radius 2 is 1.69 bits per heavy atom. The van der Waals surface area contributed by atoms with E-state index in [1.54, 1.807) is 48.2 Å². The number of para-hydroxylation sites is 2. The van der Waals surface area contributed by atoms with Gasteiger partial charge in [-0.15, -0.1) is 0 Å². The molecule has 0 amide bonds. The molecule has 0 spiro atoms. The molecule has 182 valence electrons. The van der Waals surface area contributed by atoms with Gasteiger partial charge in [-0.3, -0.25) is 4.79 Å². The molecule has 0 unspecified atom stereocenters. The van der Waals surface area contributed by atoms with E-state index in [-0.39, 0.29) is 5.57 Å². The highest BCUT2D eigenvalue weighted by molar-refractivity contribution is 6.04. The quantitative estimate of drug-likeness (QED) is 0.285. The van der Waals surface area contributed by atoms with Gasteiger partial charge in [0.05, 0.1) is 24.6 Å². The van der Waals surface area contributed by atoms with Gasteiger partial charge in [-0.2, -0.15) is 5.26 Å². The van der Waals surface area contributed by atoms with Crippen molar-refractivity contribution in [2.75, 3.05) is 43.7 Å². The number of nitrogens with zero attached hydrogens (tertiary/aromatic N) is 3. The van der Waals surface area contributed by atoms with Gasteiger partial charge in [0.2, 0.25) is 5.78 Å². The topological polar surface area (TPSA) is 92.1 Å². The maximum absolute atomic E-state index is 12.8. The van der Waals surface area contributed by atoms with Crippen molar-refractivity contribution in [1.82, 2.24) is 0 Å². The normalized spacial score (nSPS) is 12.4. The Hall–Kier alpha value is -4.25. The smallest absolute Gasteiger partial charge is 0.331 e. The Balaban J connectivity index is 1.66. The van der Waals surface area contributed by atoms with Gasteiger partial charge in [0.1, 0.15) is 17.5 Å². The van der Waals surface area contributed by atoms with E-state index in [4.69, 9.17) is 14.2 Å². The van der Waals surface area contributed by atoms with E-state index in [2.05, 4.69) is 0 Å². The molecule has 0 radical (unpaired) electrons. The van der Waals surface area contributed by atoms with Gasteiger partial charge in [0.15, 0.2) is 18.1 Å². The van der Waals surface area contributed by atoms with Crippen LogP contribution in [-0.2, 0) is 14.3 Å². The number of hydrogen-bond donors (Lipinski definition) is 0. The summed E-state index contributed by atoms with van der Waals surface area (Å²) >= 11 is 0. The van der Waals surface area contributed by atoms with Crippen molar-refractivity contribution in [3.63, 3.8) is 0 Å². The Kier molecular flexibility index (Phi) is 8.52. The van der Waals surface area contributed by atoms with Crippen molar-refractivity contribution in [2.45, 2.75) is 20.3 Å². The van der Waals surface area contributed by atoms with Crippen molar-refractivity contribution in [1.29, 1.82) is 5.26 Å². The molecule has 0 aromatic heterocycles. The van der Waals surface area contributed by atoms with E-state index < -0.39 is 18.4 Å². The van der Waals surface area contributed by atoms with Gasteiger partial charge >= 0.3 is 5.97 Å². The molecular weight excluding hydrogens is 446 g/mol. The van der Waals surface area contributed by atoms with E-state index in [9.17, 15) is 14.9 Å². The van der Waals surface area contributed by atoms with Gasteiger partial charge in [0.25, 0.3) is 0 Å². The Labute approximate surface area is 205 Å². The van der Waals surface area contributed by atoms with E-state index >= 15 is 0 Å². The standard InChI is InChI=1S/C27H29N3O5/c1-5-15-34-24-13-11-19(16-25(24)33-6-2)12-14-26(32)35-18-23(31)20(17-28)27-29(3)21-9-7-8-10-22(21)30(27)4/h7-14,16H,5-6,15,18H2,1-4H3/b14-12+. The number of esters is 1. The fourth-order valence-corrected chi connectivity index (χ4v) is 3.71. The predicted octanol–water partition coefficient (Wildman–Crippen LogP) is 4.32. The van der Waals surface area contributed by atoms with Crippen LogP contribution in [0.15, 0.2) is 59.9 Å². The van der Waals surface area contributed by atoms with Crippen LogP contribution in [0.4, 0.5) is 11.4 Å². The first-order valence-electron chi connectivity index (χ1n) is 11.4. The molecule has 0 atom stereocenters. The number of carbonyl (C=O) groups is 2. The van der Waals surface area contributed by atoms with Crippen LogP contribution in [0.3, 0.4) is 0 Å². The summed E-state index contributed by atoms with van der Waals surface area (Å²) in [4.78, 5) is 28.5. The fraction of sp³-hybridized carbons (Fsp3) is 0.296. The number of ether oxygens (including phenoxy) is 3. The number of carbonyl (C=O) groups excluding carboxylic acids is 2. The van der Waals surface area contributed by atoms with Crippen molar-refractivity contribution in [2.24, 2.45) is 0 Å². The van der Waals surface area contributed by atoms with Crippen LogP contribution >= 0.6 is 0 Å². The SMILES string of the molecule is CCCOc1ccc(/C=C/C(=O)OCC(=O)C(C#N)=C2N(C)c3ccccc3N2C)cc1OCC. The molecule has 8 heteroatoms. The maximum Gasteiger partial charge on any atom is 0.331 e. The molecule has 0 aliphatic carbocycles. The third-order valence-corrected chi connectivity index (χ3v) is 5.34. The monoisotopic (exact) mass is 475 g/mol. The largest absolute Gasteiger partial charge is 0.490 e. The Bertz CT molecular complexity index is 1160. The molecule has 0 saturated heterocycles. The maximum atomic E-state index is 12.8. The Morgan fingerprint density at radius 3 is 2.29 bits per heavy atom. The molecule has 1 heterocycles. The summed E-state index contributed by atoms with van der Waals surface area (Å²) in [5.41, 5.74) is 2.39. The minimum Gasteiger partial charge on any atom is -0.490 e. The number of fused-ring (bicyclic) bond motifs is 1. The van der Waals surface area contributed by atoms with E-state index in [1.165, 1.54) is 6.08 Å². The lowest BCUT2D eigenvalue weighted by Gasteiger charge is -2.19. The average molecular weight is 476 g/mol. The van der Waals surface area contributed by atoms with Crippen molar-refractivity contribution in [3.05, 3.63) is 65.5 Å². The van der Waals surface area contributed by atoms with Crippen LogP contribution in [0.5, 0.6) is 11.5 Å². The molecule has 2 aromatic rings. The number of benzene rings is 2. The van der Waals surface area contributed by atoms with Crippen LogP contribution in [0, 0.1) is 11.3 Å². The molecular formula is C27H29N3O5. The zero-order valence-corrected chi connectivity index (χ0v) is 20.4. The molecule has 3 rings (SSSR count). The number of Topliss-reactive ketones (excluding diaryl/α,β-unsaturated/α-hetero) is 1. The molecule has 8 nitrogen and oxygen atoms in total. The molecule has 1 aliphatic rings. The first-order valence-corrected chi connectivity index (χ1v) is 11.4. The van der Waals surface area contributed by atoms with Crippen molar-refractivity contribution >= 4 is 29.2 Å². The van der Waals surface area contributed by atoms with Crippen LogP contribution in [0.2, 0.25) is 0 Å². The summed E-state index contributed by atoms with van der Waals surface area (Å²) in [6.07, 6.45) is 3.67. The van der Waals surface area contributed by atoms with E-state index in [0.717, 1.165) is 17.8 Å². The van der Waals surface area contributed by atoms with Gasteiger partial charge in [0, 0.05) is 20.2 Å². The predicted molar refractivity (Wildman–Crippen MR) is 134 cm³/mol. The molecule has 0 fully saturated rings. The lowest BCUT2D eigenvalue weighted by molar-refractivity contribution is -0.141. The first kappa shape index (κ1) is 25.4. The van der Waals surface area contributed by atoms with Gasteiger partial charge < -0.3 is 24.0 Å². The second kappa shape index (κ2) is 11.7. The summed E-state index contributed by atoms with van der Waals surface area (Å²) in [6, 6.07) is 14.9. The van der Waals surface area contributed by atoms with Crippen molar-refractivity contribution < 1.29 is 23.8 Å². The fourth-order valence-electron chi connectivity index (χ4n) is 3.71. The Morgan fingerprint density at radius 1 is 1.00 bits per heavy atom. The molecule has 2 aromatic carbocycles. The van der Waals surface area contributed by atoms with Gasteiger partial charge in [-0.25, -0.2) is 4.79 Å².